The fourth-order valence-corrected chi connectivity index (χ4v) is 4.55. The molecule has 5 nitrogen and oxygen atoms in total. The van der Waals surface area contributed by atoms with E-state index >= 15 is 0 Å². The fraction of sp³-hybridized carbons (Fsp3) is 0.385. The number of hydrogen-bond acceptors (Lipinski definition) is 5. The second-order valence-electron chi connectivity index (χ2n) is 8.87. The van der Waals surface area contributed by atoms with Crippen molar-refractivity contribution in [2.24, 2.45) is 0 Å². The minimum atomic E-state index is -0.154. The Hall–Kier alpha value is -2.99. The Morgan fingerprint density at radius 1 is 1.00 bits per heavy atom. The first-order valence-electron chi connectivity index (χ1n) is 11.4. The molecule has 1 saturated heterocycles. The lowest BCUT2D eigenvalue weighted by Crippen LogP contribution is -2.32. The monoisotopic (exact) mass is 432 g/mol. The lowest BCUT2D eigenvalue weighted by atomic mass is 10.0. The van der Waals surface area contributed by atoms with Crippen molar-refractivity contribution in [2.75, 3.05) is 24.5 Å². The second kappa shape index (κ2) is 8.87. The van der Waals surface area contributed by atoms with Crippen LogP contribution < -0.4 is 9.64 Å². The molecular formula is C26H29FN4O. The molecule has 0 amide bonds. The Balaban J connectivity index is 1.47. The van der Waals surface area contributed by atoms with Gasteiger partial charge < -0.3 is 9.64 Å². The predicted molar refractivity (Wildman–Crippen MR) is 124 cm³/mol. The van der Waals surface area contributed by atoms with Gasteiger partial charge in [-0.1, -0.05) is 35.9 Å². The molecule has 2 aromatic carbocycles. The van der Waals surface area contributed by atoms with E-state index in [4.69, 9.17) is 14.7 Å². The Morgan fingerprint density at radius 3 is 2.62 bits per heavy atom. The Bertz CT molecular complexity index is 1130. The number of nitrogens with zero attached hydrogens (tertiary/aromatic N) is 4. The van der Waals surface area contributed by atoms with Crippen LogP contribution in [0.3, 0.4) is 0 Å². The van der Waals surface area contributed by atoms with Gasteiger partial charge >= 0.3 is 0 Å². The highest BCUT2D eigenvalue weighted by Gasteiger charge is 2.27. The van der Waals surface area contributed by atoms with E-state index in [0.717, 1.165) is 65.7 Å². The first-order valence-corrected chi connectivity index (χ1v) is 11.4. The summed E-state index contributed by atoms with van der Waals surface area (Å²) in [5.41, 5.74) is 4.92. The largest absolute Gasteiger partial charge is 0.438 e. The molecule has 0 aliphatic carbocycles. The molecule has 0 radical (unpaired) electrons. The number of ether oxygens (including phenoxy) is 1. The summed E-state index contributed by atoms with van der Waals surface area (Å²) in [5, 5.41) is 0. The van der Waals surface area contributed by atoms with Crippen molar-refractivity contribution < 1.29 is 9.13 Å². The standard InChI is InChI=1S/C26H29FN4O/c1-18-9-10-22(27)20(15-18)16-30-14-11-23-21(17-30)25(32-24-8-4-3-7-19(24)2)29-26(28-23)31-12-5-6-13-31/h3-4,7-10,15H,5-6,11-14,16-17H2,1-2H3. The van der Waals surface area contributed by atoms with Gasteiger partial charge in [0.15, 0.2) is 0 Å². The molecule has 0 unspecified atom stereocenters. The molecule has 0 spiro atoms. The van der Waals surface area contributed by atoms with Crippen LogP contribution in [0.25, 0.3) is 0 Å². The molecule has 166 valence electrons. The van der Waals surface area contributed by atoms with Gasteiger partial charge in [-0.05, 0) is 44.4 Å². The molecule has 0 saturated carbocycles. The topological polar surface area (TPSA) is 41.5 Å². The summed E-state index contributed by atoms with van der Waals surface area (Å²) in [4.78, 5) is 14.3. The minimum absolute atomic E-state index is 0.154. The van der Waals surface area contributed by atoms with E-state index in [1.54, 1.807) is 6.07 Å². The molecular weight excluding hydrogens is 403 g/mol. The number of fused-ring (bicyclic) bond motifs is 1. The first kappa shape index (κ1) is 20.9. The molecule has 0 atom stereocenters. The molecule has 2 aliphatic rings. The number of anilines is 1. The van der Waals surface area contributed by atoms with Crippen molar-refractivity contribution in [3.05, 3.63) is 76.2 Å². The van der Waals surface area contributed by atoms with E-state index in [-0.39, 0.29) is 5.82 Å². The molecule has 2 aliphatic heterocycles. The summed E-state index contributed by atoms with van der Waals surface area (Å²) in [6.45, 7) is 8.05. The number of para-hydroxylation sites is 1. The van der Waals surface area contributed by atoms with Crippen LogP contribution in [0.5, 0.6) is 11.6 Å². The van der Waals surface area contributed by atoms with Crippen LogP contribution in [0.1, 0.15) is 40.8 Å². The zero-order chi connectivity index (χ0) is 22.1. The predicted octanol–water partition coefficient (Wildman–Crippen LogP) is 5.18. The van der Waals surface area contributed by atoms with Crippen molar-refractivity contribution in [1.82, 2.24) is 14.9 Å². The van der Waals surface area contributed by atoms with Crippen molar-refractivity contribution in [3.63, 3.8) is 0 Å². The summed E-state index contributed by atoms with van der Waals surface area (Å²) in [5.74, 6) is 2.05. The van der Waals surface area contributed by atoms with Gasteiger partial charge in [-0.2, -0.15) is 4.98 Å². The fourth-order valence-electron chi connectivity index (χ4n) is 4.55. The number of rotatable bonds is 5. The molecule has 1 aromatic heterocycles. The number of benzene rings is 2. The smallest absolute Gasteiger partial charge is 0.228 e. The van der Waals surface area contributed by atoms with Gasteiger partial charge in [-0.25, -0.2) is 9.37 Å². The first-order chi connectivity index (χ1) is 15.6. The summed E-state index contributed by atoms with van der Waals surface area (Å²) >= 11 is 0. The molecule has 0 bridgehead atoms. The quantitative estimate of drug-likeness (QED) is 0.555. The third-order valence-corrected chi connectivity index (χ3v) is 6.37. The number of hydrogen-bond donors (Lipinski definition) is 0. The van der Waals surface area contributed by atoms with Crippen LogP contribution in [-0.2, 0) is 19.5 Å². The van der Waals surface area contributed by atoms with Crippen molar-refractivity contribution in [2.45, 2.75) is 46.2 Å². The lowest BCUT2D eigenvalue weighted by Gasteiger charge is -2.30. The highest BCUT2D eigenvalue weighted by Crippen LogP contribution is 2.33. The Kier molecular flexibility index (Phi) is 5.79. The van der Waals surface area contributed by atoms with Crippen molar-refractivity contribution in [3.8, 4) is 11.6 Å². The molecule has 5 rings (SSSR count). The van der Waals surface area contributed by atoms with Crippen LogP contribution in [0.4, 0.5) is 10.3 Å². The Morgan fingerprint density at radius 2 is 1.81 bits per heavy atom. The van der Waals surface area contributed by atoms with E-state index in [0.29, 0.717) is 19.0 Å². The van der Waals surface area contributed by atoms with E-state index < -0.39 is 0 Å². The number of aryl methyl sites for hydroxylation is 2. The number of aromatic nitrogens is 2. The zero-order valence-corrected chi connectivity index (χ0v) is 18.8. The average molecular weight is 433 g/mol. The van der Waals surface area contributed by atoms with E-state index in [1.165, 1.54) is 12.8 Å². The minimum Gasteiger partial charge on any atom is -0.438 e. The van der Waals surface area contributed by atoms with Crippen LogP contribution in [-0.4, -0.2) is 34.5 Å². The van der Waals surface area contributed by atoms with Gasteiger partial charge in [0.1, 0.15) is 11.6 Å². The SMILES string of the molecule is Cc1ccc(F)c(CN2CCc3nc(N4CCCC4)nc(Oc4ccccc4C)c3C2)c1. The van der Waals surface area contributed by atoms with Crippen molar-refractivity contribution in [1.29, 1.82) is 0 Å². The third-order valence-electron chi connectivity index (χ3n) is 6.37. The molecule has 3 heterocycles. The van der Waals surface area contributed by atoms with E-state index in [1.807, 2.05) is 50.2 Å². The molecule has 0 N–H and O–H groups in total. The summed E-state index contributed by atoms with van der Waals surface area (Å²) in [6.07, 6.45) is 3.14. The third kappa shape index (κ3) is 4.32. The zero-order valence-electron chi connectivity index (χ0n) is 18.8. The van der Waals surface area contributed by atoms with Crippen molar-refractivity contribution >= 4 is 5.95 Å². The van der Waals surface area contributed by atoms with Crippen LogP contribution in [0.2, 0.25) is 0 Å². The van der Waals surface area contributed by atoms with Crippen LogP contribution >= 0.6 is 0 Å². The Labute approximate surface area is 188 Å². The second-order valence-corrected chi connectivity index (χ2v) is 8.87. The van der Waals surface area contributed by atoms with Gasteiger partial charge in [0.05, 0.1) is 11.3 Å². The maximum atomic E-state index is 14.4. The van der Waals surface area contributed by atoms with Gasteiger partial charge in [0.2, 0.25) is 11.8 Å². The molecule has 1 fully saturated rings. The molecule has 32 heavy (non-hydrogen) atoms. The van der Waals surface area contributed by atoms with Gasteiger partial charge in [0.25, 0.3) is 0 Å². The van der Waals surface area contributed by atoms with Crippen LogP contribution in [0, 0.1) is 19.7 Å². The summed E-state index contributed by atoms with van der Waals surface area (Å²) in [7, 11) is 0. The van der Waals surface area contributed by atoms with E-state index in [2.05, 4.69) is 9.80 Å². The molecule has 6 heteroatoms. The number of halogens is 1. The maximum absolute atomic E-state index is 14.4. The summed E-state index contributed by atoms with van der Waals surface area (Å²) in [6, 6.07) is 13.3. The lowest BCUT2D eigenvalue weighted by molar-refractivity contribution is 0.235. The molecule has 3 aromatic rings. The normalized spacial score (nSPS) is 16.3. The summed E-state index contributed by atoms with van der Waals surface area (Å²) < 4.78 is 20.7. The van der Waals surface area contributed by atoms with Gasteiger partial charge in [-0.15, -0.1) is 0 Å². The highest BCUT2D eigenvalue weighted by atomic mass is 19.1. The maximum Gasteiger partial charge on any atom is 0.228 e. The van der Waals surface area contributed by atoms with Crippen LogP contribution in [0.15, 0.2) is 42.5 Å². The highest BCUT2D eigenvalue weighted by molar-refractivity contribution is 5.45. The van der Waals surface area contributed by atoms with Gasteiger partial charge in [0, 0.05) is 44.7 Å². The van der Waals surface area contributed by atoms with Gasteiger partial charge in [-0.3, -0.25) is 4.90 Å². The average Bonchev–Trinajstić information content (AvgIpc) is 3.33. The van der Waals surface area contributed by atoms with E-state index in [9.17, 15) is 4.39 Å².